The van der Waals surface area contributed by atoms with Gasteiger partial charge in [0, 0.05) is 0 Å². The number of carbonyl (C=O) groups excluding carboxylic acids is 1. The lowest BCUT2D eigenvalue weighted by molar-refractivity contribution is 0.101. The molecule has 100 valence electrons. The third-order valence-electron chi connectivity index (χ3n) is 2.53. The molecule has 0 amide bonds. The van der Waals surface area contributed by atoms with E-state index >= 15 is 0 Å². The summed E-state index contributed by atoms with van der Waals surface area (Å²) in [5, 5.41) is 0. The van der Waals surface area contributed by atoms with E-state index in [0.717, 1.165) is 4.57 Å². The number of aromatic nitrogens is 2. The van der Waals surface area contributed by atoms with Crippen molar-refractivity contribution in [1.29, 1.82) is 0 Å². The first-order valence-corrected chi connectivity index (χ1v) is 5.82. The first-order valence-electron chi connectivity index (χ1n) is 5.28. The summed E-state index contributed by atoms with van der Waals surface area (Å²) in [6.07, 6.45) is 1.44. The molecule has 0 aliphatic carbocycles. The molecule has 0 spiro atoms. The van der Waals surface area contributed by atoms with Gasteiger partial charge >= 0.3 is 5.69 Å². The second-order valence-electron chi connectivity index (χ2n) is 3.74. The number of ketones is 1. The fraction of sp³-hybridized carbons (Fsp3) is 0.182. The summed E-state index contributed by atoms with van der Waals surface area (Å²) in [5.74, 6) is -0.804. The number of nitrogens with zero attached hydrogens (tertiary/aromatic N) is 1. The third-order valence-corrected chi connectivity index (χ3v) is 2.78. The maximum absolute atomic E-state index is 11.7. The highest BCUT2D eigenvalue weighted by atomic mass is 35.5. The number of nitrogens with two attached hydrogens (primary N) is 1. The number of furan rings is 1. The van der Waals surface area contributed by atoms with Crippen LogP contribution >= 0.6 is 11.6 Å². The van der Waals surface area contributed by atoms with Crippen molar-refractivity contribution in [2.75, 3.05) is 11.6 Å². The number of rotatable bonds is 4. The Balaban J connectivity index is 2.58. The summed E-state index contributed by atoms with van der Waals surface area (Å²) < 4.78 is 6.13. The lowest BCUT2D eigenvalue weighted by Crippen LogP contribution is -2.36. The fourth-order valence-corrected chi connectivity index (χ4v) is 1.77. The Hall–Kier alpha value is -2.28. The topological polar surface area (TPSA) is 111 Å². The zero-order chi connectivity index (χ0) is 14.0. The predicted molar refractivity (Wildman–Crippen MR) is 68.6 cm³/mol. The minimum Gasteiger partial charge on any atom is -0.467 e. The van der Waals surface area contributed by atoms with Gasteiger partial charge in [-0.05, 0) is 12.1 Å². The molecule has 2 aromatic rings. The van der Waals surface area contributed by atoms with E-state index in [9.17, 15) is 14.4 Å². The zero-order valence-corrected chi connectivity index (χ0v) is 10.4. The maximum atomic E-state index is 11.7. The van der Waals surface area contributed by atoms with Gasteiger partial charge in [-0.1, -0.05) is 0 Å². The average Bonchev–Trinajstić information content (AvgIpc) is 2.86. The van der Waals surface area contributed by atoms with Crippen molar-refractivity contribution < 1.29 is 9.21 Å². The first-order chi connectivity index (χ1) is 9.04. The van der Waals surface area contributed by atoms with Gasteiger partial charge in [-0.2, -0.15) is 0 Å². The van der Waals surface area contributed by atoms with Crippen LogP contribution in [0.3, 0.4) is 0 Å². The molecule has 0 aliphatic heterocycles. The number of nitrogen functional groups attached to an aromatic ring is 1. The van der Waals surface area contributed by atoms with Crippen molar-refractivity contribution in [2.45, 2.75) is 6.54 Å². The molecule has 0 atom stereocenters. The summed E-state index contributed by atoms with van der Waals surface area (Å²) >= 11 is 5.40. The predicted octanol–water partition coefficient (Wildman–Crippen LogP) is 0.182. The minimum atomic E-state index is -0.844. The van der Waals surface area contributed by atoms with Crippen LogP contribution in [0.4, 0.5) is 5.82 Å². The summed E-state index contributed by atoms with van der Waals surface area (Å²) in [6.45, 7) is 0.0109. The van der Waals surface area contributed by atoms with E-state index in [1.165, 1.54) is 6.26 Å². The molecule has 2 heterocycles. The van der Waals surface area contributed by atoms with Crippen molar-refractivity contribution in [1.82, 2.24) is 9.55 Å². The van der Waals surface area contributed by atoms with E-state index < -0.39 is 22.9 Å². The molecule has 0 unspecified atom stereocenters. The molecule has 7 nitrogen and oxygen atoms in total. The molecule has 0 bridgehead atoms. The van der Waals surface area contributed by atoms with Crippen LogP contribution in [0.1, 0.15) is 16.1 Å². The Bertz CT molecular complexity index is 715. The molecule has 0 aromatic carbocycles. The van der Waals surface area contributed by atoms with Crippen molar-refractivity contribution in [3.05, 3.63) is 50.6 Å². The van der Waals surface area contributed by atoms with Gasteiger partial charge in [0.2, 0.25) is 0 Å². The highest BCUT2D eigenvalue weighted by Crippen LogP contribution is 2.09. The molecule has 0 saturated heterocycles. The minimum absolute atomic E-state index is 0.0109. The molecule has 3 N–H and O–H groups in total. The van der Waals surface area contributed by atoms with Crippen LogP contribution in [0.15, 0.2) is 32.4 Å². The van der Waals surface area contributed by atoms with Crippen LogP contribution in [0.5, 0.6) is 0 Å². The normalized spacial score (nSPS) is 10.6. The lowest BCUT2D eigenvalue weighted by atomic mass is 10.2. The number of hydrogen-bond donors (Lipinski definition) is 2. The van der Waals surface area contributed by atoms with E-state index in [-0.39, 0.29) is 17.9 Å². The van der Waals surface area contributed by atoms with Gasteiger partial charge in [0.05, 0.1) is 18.7 Å². The van der Waals surface area contributed by atoms with Crippen LogP contribution in [0.2, 0.25) is 0 Å². The Morgan fingerprint density at radius 1 is 1.47 bits per heavy atom. The number of carbonyl (C=O) groups is 1. The molecule has 2 aromatic heterocycles. The third kappa shape index (κ3) is 2.45. The molecular weight excluding hydrogens is 274 g/mol. The average molecular weight is 284 g/mol. The number of nitrogens with one attached hydrogen (secondary N) is 1. The summed E-state index contributed by atoms with van der Waals surface area (Å²) in [7, 11) is 0. The van der Waals surface area contributed by atoms with E-state index in [0.29, 0.717) is 5.76 Å². The highest BCUT2D eigenvalue weighted by Gasteiger charge is 2.18. The fourth-order valence-electron chi connectivity index (χ4n) is 1.64. The van der Waals surface area contributed by atoms with Gasteiger partial charge in [0.15, 0.2) is 5.78 Å². The highest BCUT2D eigenvalue weighted by molar-refractivity contribution is 6.31. The molecule has 0 saturated carbocycles. The van der Waals surface area contributed by atoms with Crippen molar-refractivity contribution in [2.24, 2.45) is 0 Å². The van der Waals surface area contributed by atoms with Gasteiger partial charge in [0.25, 0.3) is 5.56 Å². The van der Waals surface area contributed by atoms with Gasteiger partial charge in [-0.25, -0.2) is 4.79 Å². The van der Waals surface area contributed by atoms with Crippen LogP contribution < -0.4 is 17.0 Å². The smallest absolute Gasteiger partial charge is 0.330 e. The number of halogens is 1. The second kappa shape index (κ2) is 5.15. The van der Waals surface area contributed by atoms with Crippen LogP contribution in [-0.2, 0) is 6.54 Å². The number of anilines is 1. The molecule has 0 aliphatic rings. The van der Waals surface area contributed by atoms with Crippen LogP contribution in [0.25, 0.3) is 0 Å². The van der Waals surface area contributed by atoms with Crippen molar-refractivity contribution >= 4 is 23.2 Å². The zero-order valence-electron chi connectivity index (χ0n) is 9.68. The number of aromatic amines is 1. The molecular formula is C11H10ClN3O4. The monoisotopic (exact) mass is 283 g/mol. The van der Waals surface area contributed by atoms with Gasteiger partial charge in [-0.3, -0.25) is 19.1 Å². The largest absolute Gasteiger partial charge is 0.467 e. The summed E-state index contributed by atoms with van der Waals surface area (Å²) in [6, 6.07) is 3.28. The SMILES string of the molecule is Nc1c(C(=O)CCl)c(=O)[nH]c(=O)n1Cc1ccco1. The van der Waals surface area contributed by atoms with Gasteiger partial charge in [-0.15, -0.1) is 11.6 Å². The Morgan fingerprint density at radius 2 is 2.21 bits per heavy atom. The van der Waals surface area contributed by atoms with Gasteiger partial charge in [0.1, 0.15) is 17.1 Å². The van der Waals surface area contributed by atoms with E-state index in [1.807, 2.05) is 4.98 Å². The standard InChI is InChI=1S/C11H10ClN3O4/c12-4-7(16)8-9(13)15(11(18)14-10(8)17)5-6-2-1-3-19-6/h1-3H,4-5,13H2,(H,14,17,18). The number of H-pyrrole nitrogens is 1. The van der Waals surface area contributed by atoms with Gasteiger partial charge < -0.3 is 10.2 Å². The van der Waals surface area contributed by atoms with E-state index in [2.05, 4.69) is 0 Å². The van der Waals surface area contributed by atoms with Crippen LogP contribution in [-0.4, -0.2) is 21.2 Å². The molecule has 2 rings (SSSR count). The van der Waals surface area contributed by atoms with E-state index in [4.69, 9.17) is 21.8 Å². The lowest BCUT2D eigenvalue weighted by Gasteiger charge is -2.10. The maximum Gasteiger partial charge on any atom is 0.330 e. The quantitative estimate of drug-likeness (QED) is 0.614. The Labute approximate surface area is 111 Å². The number of Topliss-reactive ketones (excluding diaryl/α,β-unsaturated/α-hetero) is 1. The van der Waals surface area contributed by atoms with Crippen molar-refractivity contribution in [3.8, 4) is 0 Å². The molecule has 0 radical (unpaired) electrons. The molecule has 8 heteroatoms. The Morgan fingerprint density at radius 3 is 2.79 bits per heavy atom. The number of alkyl halides is 1. The first kappa shape index (κ1) is 13.2. The summed E-state index contributed by atoms with van der Waals surface area (Å²) in [4.78, 5) is 36.8. The Kier molecular flexibility index (Phi) is 3.57. The van der Waals surface area contributed by atoms with E-state index in [1.54, 1.807) is 12.1 Å². The summed E-state index contributed by atoms with van der Waals surface area (Å²) in [5.41, 5.74) is 3.82. The number of hydrogen-bond acceptors (Lipinski definition) is 5. The molecule has 19 heavy (non-hydrogen) atoms. The molecule has 0 fully saturated rings. The second-order valence-corrected chi connectivity index (χ2v) is 4.01. The van der Waals surface area contributed by atoms with Crippen LogP contribution in [0, 0.1) is 0 Å². The van der Waals surface area contributed by atoms with Crippen molar-refractivity contribution in [3.63, 3.8) is 0 Å².